The highest BCUT2D eigenvalue weighted by Gasteiger charge is 2.43. The number of rotatable bonds is 5. The molecule has 2 rings (SSSR count). The summed E-state index contributed by atoms with van der Waals surface area (Å²) in [6.45, 7) is 8.92. The van der Waals surface area contributed by atoms with Gasteiger partial charge in [-0.05, 0) is 25.3 Å². The van der Waals surface area contributed by atoms with Crippen molar-refractivity contribution in [2.45, 2.75) is 25.4 Å². The van der Waals surface area contributed by atoms with Crippen LogP contribution >= 0.6 is 0 Å². The summed E-state index contributed by atoms with van der Waals surface area (Å²) in [5.74, 6) is 0.460. The molecule has 16 heavy (non-hydrogen) atoms. The van der Waals surface area contributed by atoms with E-state index in [0.29, 0.717) is 12.5 Å². The Morgan fingerprint density at radius 1 is 1.19 bits per heavy atom. The van der Waals surface area contributed by atoms with Gasteiger partial charge in [0.2, 0.25) is 0 Å². The molecule has 0 spiro atoms. The lowest BCUT2D eigenvalue weighted by molar-refractivity contribution is -0.0193. The average Bonchev–Trinajstić information content (AvgIpc) is 3.14. The maximum Gasteiger partial charge on any atom is 0.0923 e. The van der Waals surface area contributed by atoms with Crippen molar-refractivity contribution in [1.29, 1.82) is 0 Å². The molecule has 0 aromatic carbocycles. The summed E-state index contributed by atoms with van der Waals surface area (Å²) >= 11 is 0. The van der Waals surface area contributed by atoms with E-state index in [2.05, 4.69) is 16.7 Å². The van der Waals surface area contributed by atoms with E-state index >= 15 is 0 Å². The van der Waals surface area contributed by atoms with Crippen molar-refractivity contribution in [1.82, 2.24) is 9.80 Å². The molecule has 2 aliphatic rings. The molecule has 1 aliphatic carbocycles. The molecule has 1 unspecified atom stereocenters. The van der Waals surface area contributed by atoms with Crippen LogP contribution in [0.4, 0.5) is 0 Å². The molecule has 0 aromatic heterocycles. The number of aliphatic hydroxyl groups is 1. The Labute approximate surface area is 98.4 Å². The molecule has 0 bridgehead atoms. The van der Waals surface area contributed by atoms with Crippen LogP contribution in [0.25, 0.3) is 0 Å². The number of hydrogen-bond acceptors (Lipinski definition) is 4. The molecule has 3 N–H and O–H groups in total. The minimum absolute atomic E-state index is 0.408. The first-order chi connectivity index (χ1) is 7.68. The van der Waals surface area contributed by atoms with Crippen LogP contribution in [-0.2, 0) is 0 Å². The zero-order valence-corrected chi connectivity index (χ0v) is 10.4. The Bertz CT molecular complexity index is 224. The Morgan fingerprint density at radius 3 is 2.19 bits per heavy atom. The fraction of sp³-hybridized carbons (Fsp3) is 1.00. The molecule has 0 amide bonds. The maximum absolute atomic E-state index is 10.5. The molecule has 94 valence electrons. The fourth-order valence-corrected chi connectivity index (χ4v) is 2.63. The zero-order valence-electron chi connectivity index (χ0n) is 10.4. The van der Waals surface area contributed by atoms with Crippen LogP contribution in [0, 0.1) is 5.92 Å². The van der Waals surface area contributed by atoms with E-state index in [1.807, 2.05) is 0 Å². The predicted molar refractivity (Wildman–Crippen MR) is 65.3 cm³/mol. The first-order valence-corrected chi connectivity index (χ1v) is 6.55. The monoisotopic (exact) mass is 227 g/mol. The molecule has 4 heteroatoms. The normalized spacial score (nSPS) is 27.9. The van der Waals surface area contributed by atoms with E-state index in [1.54, 1.807) is 0 Å². The third-order valence-electron chi connectivity index (χ3n) is 4.10. The summed E-state index contributed by atoms with van der Waals surface area (Å²) in [5.41, 5.74) is 5.11. The van der Waals surface area contributed by atoms with Crippen molar-refractivity contribution in [3.8, 4) is 0 Å². The molecule has 2 fully saturated rings. The van der Waals surface area contributed by atoms with Crippen molar-refractivity contribution < 1.29 is 5.11 Å². The van der Waals surface area contributed by atoms with Gasteiger partial charge in [0.15, 0.2) is 0 Å². The summed E-state index contributed by atoms with van der Waals surface area (Å²) < 4.78 is 0. The van der Waals surface area contributed by atoms with Gasteiger partial charge in [-0.1, -0.05) is 6.92 Å². The lowest BCUT2D eigenvalue weighted by atomic mass is 9.97. The summed E-state index contributed by atoms with van der Waals surface area (Å²) in [6, 6.07) is 0. The first kappa shape index (κ1) is 12.3. The topological polar surface area (TPSA) is 52.7 Å². The lowest BCUT2D eigenvalue weighted by Crippen LogP contribution is -2.55. The van der Waals surface area contributed by atoms with Crippen molar-refractivity contribution in [2.75, 3.05) is 45.8 Å². The highest BCUT2D eigenvalue weighted by Crippen LogP contribution is 2.39. The van der Waals surface area contributed by atoms with Gasteiger partial charge in [0.05, 0.1) is 5.60 Å². The Hall–Kier alpha value is -0.160. The van der Waals surface area contributed by atoms with Crippen molar-refractivity contribution in [3.63, 3.8) is 0 Å². The van der Waals surface area contributed by atoms with E-state index in [1.165, 1.54) is 0 Å². The Balaban J connectivity index is 1.81. The van der Waals surface area contributed by atoms with Crippen molar-refractivity contribution in [3.05, 3.63) is 0 Å². The van der Waals surface area contributed by atoms with E-state index in [-0.39, 0.29) is 0 Å². The molecular weight excluding hydrogens is 202 g/mol. The number of likely N-dealkylation sites (N-methyl/N-ethyl adjacent to an activating group) is 1. The van der Waals surface area contributed by atoms with Gasteiger partial charge in [-0.2, -0.15) is 0 Å². The zero-order chi connectivity index (χ0) is 11.6. The molecule has 0 aromatic rings. The number of β-amino-alcohol motifs (C(OH)–C–C–N with tert-alkyl or cyclic N) is 1. The second-order valence-electron chi connectivity index (χ2n) is 5.29. The fourth-order valence-electron chi connectivity index (χ4n) is 2.63. The third kappa shape index (κ3) is 2.74. The van der Waals surface area contributed by atoms with Crippen molar-refractivity contribution >= 4 is 0 Å². The molecule has 1 aliphatic heterocycles. The minimum atomic E-state index is -0.617. The molecule has 0 radical (unpaired) electrons. The van der Waals surface area contributed by atoms with Gasteiger partial charge >= 0.3 is 0 Å². The summed E-state index contributed by atoms with van der Waals surface area (Å²) in [4.78, 5) is 4.83. The first-order valence-electron chi connectivity index (χ1n) is 6.55. The van der Waals surface area contributed by atoms with Crippen LogP contribution in [0.5, 0.6) is 0 Å². The summed E-state index contributed by atoms with van der Waals surface area (Å²) in [7, 11) is 0. The summed E-state index contributed by atoms with van der Waals surface area (Å²) in [5, 5.41) is 10.5. The van der Waals surface area contributed by atoms with E-state index in [0.717, 1.165) is 52.1 Å². The van der Waals surface area contributed by atoms with Crippen LogP contribution in [0.2, 0.25) is 0 Å². The van der Waals surface area contributed by atoms with E-state index in [4.69, 9.17) is 5.73 Å². The van der Waals surface area contributed by atoms with Crippen LogP contribution in [-0.4, -0.2) is 66.3 Å². The Morgan fingerprint density at radius 2 is 1.75 bits per heavy atom. The van der Waals surface area contributed by atoms with Crippen molar-refractivity contribution in [2.24, 2.45) is 11.7 Å². The van der Waals surface area contributed by atoms with Crippen LogP contribution in [0.15, 0.2) is 0 Å². The van der Waals surface area contributed by atoms with Gasteiger partial charge < -0.3 is 15.7 Å². The largest absolute Gasteiger partial charge is 0.387 e. The SMILES string of the molecule is CCN1CCN(CC(O)(CN)C2CC2)CC1. The quantitative estimate of drug-likeness (QED) is 0.678. The third-order valence-corrected chi connectivity index (χ3v) is 4.10. The highest BCUT2D eigenvalue weighted by molar-refractivity contribution is 4.98. The van der Waals surface area contributed by atoms with Crippen LogP contribution in [0.1, 0.15) is 19.8 Å². The second kappa shape index (κ2) is 5.00. The molecule has 1 atom stereocenters. The molecular formula is C12H25N3O. The van der Waals surface area contributed by atoms with Gasteiger partial charge in [0.1, 0.15) is 0 Å². The van der Waals surface area contributed by atoms with Gasteiger partial charge in [0.25, 0.3) is 0 Å². The number of nitrogens with two attached hydrogens (primary N) is 1. The van der Waals surface area contributed by atoms with Crippen LogP contribution < -0.4 is 5.73 Å². The molecule has 4 nitrogen and oxygen atoms in total. The van der Waals surface area contributed by atoms with E-state index in [9.17, 15) is 5.11 Å². The van der Waals surface area contributed by atoms with Gasteiger partial charge in [-0.3, -0.25) is 4.90 Å². The molecule has 1 saturated heterocycles. The number of hydrogen-bond donors (Lipinski definition) is 2. The predicted octanol–water partition coefficient (Wildman–Crippen LogP) is -0.276. The van der Waals surface area contributed by atoms with Crippen LogP contribution in [0.3, 0.4) is 0 Å². The number of nitrogens with zero attached hydrogens (tertiary/aromatic N) is 2. The van der Waals surface area contributed by atoms with Gasteiger partial charge in [-0.25, -0.2) is 0 Å². The second-order valence-corrected chi connectivity index (χ2v) is 5.29. The number of piperazine rings is 1. The molecule has 1 heterocycles. The Kier molecular flexibility index (Phi) is 3.85. The summed E-state index contributed by atoms with van der Waals surface area (Å²) in [6.07, 6.45) is 2.31. The standard InChI is InChI=1S/C12H25N3O/c1-2-14-5-7-15(8-6-14)10-12(16,9-13)11-3-4-11/h11,16H,2-10,13H2,1H3. The van der Waals surface area contributed by atoms with Gasteiger partial charge in [0, 0.05) is 39.3 Å². The maximum atomic E-state index is 10.5. The minimum Gasteiger partial charge on any atom is -0.387 e. The highest BCUT2D eigenvalue weighted by atomic mass is 16.3. The van der Waals surface area contributed by atoms with Gasteiger partial charge in [-0.15, -0.1) is 0 Å². The smallest absolute Gasteiger partial charge is 0.0923 e. The lowest BCUT2D eigenvalue weighted by Gasteiger charge is -2.39. The molecule has 1 saturated carbocycles. The van der Waals surface area contributed by atoms with E-state index < -0.39 is 5.60 Å². The average molecular weight is 227 g/mol.